The third-order valence-corrected chi connectivity index (χ3v) is 8.58. The number of nitrogens with one attached hydrogen (secondary N) is 1. The molecule has 1 N–H and O–H groups in total. The van der Waals surface area contributed by atoms with Gasteiger partial charge < -0.3 is 23.6 Å². The Bertz CT molecular complexity index is 1210. The lowest BCUT2D eigenvalue weighted by Crippen LogP contribution is -2.36. The zero-order chi connectivity index (χ0) is 26.9. The maximum atomic E-state index is 12.4. The molecular formula is C16H15IN6O10S3-2. The van der Waals surface area contributed by atoms with Gasteiger partial charge in [0, 0.05) is 24.1 Å². The molecule has 0 radical (unpaired) electrons. The first-order valence-electron chi connectivity index (χ1n) is 9.48. The van der Waals surface area contributed by atoms with Crippen LogP contribution < -0.4 is 5.32 Å². The van der Waals surface area contributed by atoms with Gasteiger partial charge in [-0.05, 0) is 12.1 Å². The zero-order valence-electron chi connectivity index (χ0n) is 17.8. The second-order valence-electron chi connectivity index (χ2n) is 6.52. The first-order valence-corrected chi connectivity index (χ1v) is 15.4. The van der Waals surface area contributed by atoms with Gasteiger partial charge in [0.15, 0.2) is 0 Å². The minimum absolute atomic E-state index is 0.0163. The average Bonchev–Trinajstić information content (AvgIpc) is 3.10. The number of benzene rings is 1. The Balaban J connectivity index is 1.73. The van der Waals surface area contributed by atoms with E-state index < -0.39 is 77.4 Å². The molecule has 2 rings (SSSR count). The molecule has 0 aliphatic carbocycles. The highest BCUT2D eigenvalue weighted by Gasteiger charge is 2.45. The number of nitro groups is 1. The molecule has 16 nitrogen and oxygen atoms in total. The van der Waals surface area contributed by atoms with Crippen molar-refractivity contribution in [2.45, 2.75) is 18.1 Å². The Kier molecular flexibility index (Phi) is 11.3. The number of hydroxylamine groups is 2. The lowest BCUT2D eigenvalue weighted by atomic mass is 10.1. The highest BCUT2D eigenvalue weighted by atomic mass is 127. The van der Waals surface area contributed by atoms with Crippen molar-refractivity contribution in [3.8, 4) is 0 Å². The topological polar surface area (TPSA) is 240 Å². The Morgan fingerprint density at radius 3 is 2.61 bits per heavy atom. The maximum Gasteiger partial charge on any atom is 0.334 e. The van der Waals surface area contributed by atoms with Crippen molar-refractivity contribution in [3.63, 3.8) is 0 Å². The van der Waals surface area contributed by atoms with Crippen LogP contribution >= 0.6 is 42.9 Å². The van der Waals surface area contributed by atoms with E-state index in [-0.39, 0.29) is 35.0 Å². The normalized spacial score (nSPS) is 16.0. The van der Waals surface area contributed by atoms with E-state index in [9.17, 15) is 42.3 Å². The van der Waals surface area contributed by atoms with Gasteiger partial charge in [-0.1, -0.05) is 21.6 Å². The Morgan fingerprint density at radius 2 is 2.00 bits per heavy atom. The molecule has 1 fully saturated rings. The van der Waals surface area contributed by atoms with Crippen molar-refractivity contribution < 1.29 is 41.9 Å². The van der Waals surface area contributed by atoms with Crippen LogP contribution in [0.1, 0.15) is 23.2 Å². The molecule has 1 unspecified atom stereocenters. The molecule has 1 aliphatic rings. The maximum absolute atomic E-state index is 12.4. The molecule has 1 aromatic rings. The molecule has 36 heavy (non-hydrogen) atoms. The number of halogens is 1. The summed E-state index contributed by atoms with van der Waals surface area (Å²) in [7, 11) is -2.63. The summed E-state index contributed by atoms with van der Waals surface area (Å²) in [5.41, 5.74) is 8.14. The van der Waals surface area contributed by atoms with Crippen LogP contribution in [0.2, 0.25) is 0 Å². The molecule has 1 saturated heterocycles. The van der Waals surface area contributed by atoms with Crippen LogP contribution in [0.4, 0.5) is 11.4 Å². The zero-order valence-corrected chi connectivity index (χ0v) is 22.4. The highest BCUT2D eigenvalue weighted by Crippen LogP contribution is 2.27. The van der Waals surface area contributed by atoms with E-state index in [4.69, 9.17) is 5.53 Å². The van der Waals surface area contributed by atoms with Crippen molar-refractivity contribution in [1.29, 1.82) is 0 Å². The van der Waals surface area contributed by atoms with Crippen molar-refractivity contribution >= 4 is 88.1 Å². The van der Waals surface area contributed by atoms with Crippen molar-refractivity contribution in [1.82, 2.24) is 10.4 Å². The fraction of sp³-hybridized carbons (Fsp3) is 0.375. The number of nitro benzene ring substituents is 1. The van der Waals surface area contributed by atoms with E-state index in [1.165, 1.54) is 33.7 Å². The van der Waals surface area contributed by atoms with Gasteiger partial charge in [-0.25, -0.2) is 16.4 Å². The number of hydrogen-bond donors (Lipinski definition) is 1. The number of hydrogen-bond acceptors (Lipinski definition) is 13. The summed E-state index contributed by atoms with van der Waals surface area (Å²) in [6, 6.07) is 3.68. The Morgan fingerprint density at radius 1 is 1.31 bits per heavy atom. The van der Waals surface area contributed by atoms with Crippen LogP contribution in [0.25, 0.3) is 5.53 Å². The van der Waals surface area contributed by atoms with E-state index in [0.717, 1.165) is 6.07 Å². The summed E-state index contributed by atoms with van der Waals surface area (Å²) in [6.07, 6.45) is -1.14. The van der Waals surface area contributed by atoms with Crippen LogP contribution in [0.5, 0.6) is 0 Å². The van der Waals surface area contributed by atoms with E-state index in [2.05, 4.69) is 16.6 Å². The van der Waals surface area contributed by atoms with Crippen LogP contribution in [0.3, 0.4) is 0 Å². The van der Waals surface area contributed by atoms with E-state index in [1.807, 2.05) is 0 Å². The third-order valence-electron chi connectivity index (χ3n) is 4.14. The predicted molar refractivity (Wildman–Crippen MR) is 133 cm³/mol. The number of imide groups is 1. The van der Waals surface area contributed by atoms with Gasteiger partial charge in [0.1, 0.15) is 42.2 Å². The van der Waals surface area contributed by atoms with E-state index >= 15 is 0 Å². The number of rotatable bonds is 13. The van der Waals surface area contributed by atoms with Crippen LogP contribution in [-0.2, 0) is 29.3 Å². The number of amides is 3. The molecule has 20 heteroatoms. The van der Waals surface area contributed by atoms with Gasteiger partial charge in [-0.2, -0.15) is 0 Å². The molecule has 0 bridgehead atoms. The Labute approximate surface area is 221 Å². The highest BCUT2D eigenvalue weighted by molar-refractivity contribution is 14.1. The fourth-order valence-electron chi connectivity index (χ4n) is 2.57. The fourth-order valence-corrected chi connectivity index (χ4v) is 5.79. The summed E-state index contributed by atoms with van der Waals surface area (Å²) >= 11 is -1.26. The number of nitrogens with zero attached hydrogens (tertiary/aromatic N) is 5. The number of carbonyl (C=O) groups is 4. The lowest BCUT2D eigenvalue weighted by Gasteiger charge is -2.15. The van der Waals surface area contributed by atoms with Gasteiger partial charge in [0.25, 0.3) is 23.4 Å². The third kappa shape index (κ3) is 8.53. The second-order valence-corrected chi connectivity index (χ2v) is 12.1. The van der Waals surface area contributed by atoms with Crippen LogP contribution in [0.15, 0.2) is 24.7 Å². The monoisotopic (exact) mass is 674 g/mol. The van der Waals surface area contributed by atoms with Gasteiger partial charge in [0.05, 0.1) is 23.5 Å². The SMILES string of the molecule is [N-]=NI=Nc1ccc([N+](=O)[O-])c(C(=O)NCCSSCCC(=O)ON2C(=O)CC(S(=O)(=O)[O-])C2=O)c1. The average molecular weight is 674 g/mol. The van der Waals surface area contributed by atoms with E-state index in [0.29, 0.717) is 5.75 Å². The first kappa shape index (κ1) is 29.7. The van der Waals surface area contributed by atoms with Gasteiger partial charge in [0.2, 0.25) is 0 Å². The van der Waals surface area contributed by atoms with Crippen LogP contribution in [-0.4, -0.2) is 69.9 Å². The van der Waals surface area contributed by atoms with Crippen molar-refractivity contribution in [2.24, 2.45) is 6.47 Å². The molecule has 1 atom stereocenters. The van der Waals surface area contributed by atoms with Gasteiger partial charge in [-0.3, -0.25) is 24.5 Å². The summed E-state index contributed by atoms with van der Waals surface area (Å²) in [4.78, 5) is 62.6. The van der Waals surface area contributed by atoms with E-state index in [1.54, 1.807) is 0 Å². The first-order chi connectivity index (χ1) is 17.0. The second kappa shape index (κ2) is 13.7. The molecule has 1 aliphatic heterocycles. The molecule has 0 saturated carbocycles. The van der Waals surface area contributed by atoms with Crippen molar-refractivity contribution in [2.75, 3.05) is 18.1 Å². The van der Waals surface area contributed by atoms with Gasteiger partial charge in [-0.15, -0.1) is 5.06 Å². The molecule has 196 valence electrons. The predicted octanol–water partition coefficient (Wildman–Crippen LogP) is 1.95. The van der Waals surface area contributed by atoms with Gasteiger partial charge >= 0.3 is 5.97 Å². The largest absolute Gasteiger partial charge is 0.747 e. The number of carbonyl (C=O) groups excluding carboxylic acids is 4. The summed E-state index contributed by atoms with van der Waals surface area (Å²) in [5.74, 6) is -3.69. The molecule has 0 aromatic heterocycles. The van der Waals surface area contributed by atoms with Crippen LogP contribution in [0, 0.1) is 10.1 Å². The quantitative estimate of drug-likeness (QED) is 0.0462. The van der Waals surface area contributed by atoms with Crippen molar-refractivity contribution in [3.05, 3.63) is 39.4 Å². The molecular weight excluding hydrogens is 659 g/mol. The summed E-state index contributed by atoms with van der Waals surface area (Å²) in [6.45, 7) is 0.125. The smallest absolute Gasteiger partial charge is 0.334 e. The minimum Gasteiger partial charge on any atom is -0.747 e. The molecule has 3 amide bonds. The minimum atomic E-state index is -5.06. The lowest BCUT2D eigenvalue weighted by molar-refractivity contribution is -0.385. The summed E-state index contributed by atoms with van der Waals surface area (Å²) < 4.78 is 39.7. The molecule has 1 heterocycles. The Hall–Kier alpha value is -2.56. The molecule has 1 aromatic carbocycles. The molecule has 0 spiro atoms. The summed E-state index contributed by atoms with van der Waals surface area (Å²) in [5, 5.41) is 11.6. The standard InChI is InChI=1S/C16H16IN6O10S3/c18-21-17-20-9-1-2-11(23(28)29)10(7-9)15(26)19-4-6-35-34-5-3-14(25)33-22-13(24)8-12(16(22)27)36(30,31)32/h1-2,7,12H,3-6,8H2,(H,19,26)(H,30,31,32)/q-1/p-1.